The fraction of sp³-hybridized carbons (Fsp3) is 0.600. The minimum absolute atomic E-state index is 0.00251. The first-order valence-electron chi connectivity index (χ1n) is 12.4. The molecule has 0 aliphatic rings. The zero-order valence-corrected chi connectivity index (χ0v) is 21.6. The molecule has 1 aromatic rings. The van der Waals surface area contributed by atoms with Crippen molar-refractivity contribution in [2.24, 2.45) is 17.4 Å². The third-order valence-corrected chi connectivity index (χ3v) is 5.73. The van der Waals surface area contributed by atoms with Gasteiger partial charge in [0.25, 0.3) is 0 Å². The Morgan fingerprint density at radius 2 is 1.41 bits per heavy atom. The highest BCUT2D eigenvalue weighted by atomic mass is 16.4. The molecule has 0 spiro atoms. The van der Waals surface area contributed by atoms with Crippen LogP contribution in [0.3, 0.4) is 0 Å². The van der Waals surface area contributed by atoms with Crippen molar-refractivity contribution < 1.29 is 34.5 Å². The number of hydrogen-bond acceptors (Lipinski definition) is 8. The molecule has 208 valence electrons. The number of hydrogen-bond donors (Lipinski definition) is 8. The number of carbonyl (C=O) groups is 4. The van der Waals surface area contributed by atoms with Crippen LogP contribution in [0.4, 0.5) is 0 Å². The minimum Gasteiger partial charge on any atom is -0.508 e. The lowest BCUT2D eigenvalue weighted by Crippen LogP contribution is -2.58. The van der Waals surface area contributed by atoms with Gasteiger partial charge in [0.15, 0.2) is 0 Å². The first-order valence-corrected chi connectivity index (χ1v) is 12.4. The van der Waals surface area contributed by atoms with E-state index in [4.69, 9.17) is 11.5 Å². The first-order chi connectivity index (χ1) is 17.3. The quantitative estimate of drug-likeness (QED) is 0.129. The van der Waals surface area contributed by atoms with E-state index in [0.29, 0.717) is 24.9 Å². The maximum atomic E-state index is 13.2. The summed E-state index contributed by atoms with van der Waals surface area (Å²) in [6, 6.07) is 1.36. The van der Waals surface area contributed by atoms with Crippen molar-refractivity contribution in [2.45, 2.75) is 83.1 Å². The van der Waals surface area contributed by atoms with Crippen LogP contribution in [0.15, 0.2) is 24.3 Å². The van der Waals surface area contributed by atoms with Crippen LogP contribution in [0.1, 0.15) is 52.0 Å². The lowest BCUT2D eigenvalue weighted by Gasteiger charge is -2.26. The zero-order chi connectivity index (χ0) is 28.1. The Hall–Kier alpha value is -3.22. The SMILES string of the molecule is CC(C)CC(NC(=O)C(Cc1ccc(O)cc1)NC(=O)C(CCCCN)NC(=O)C(N)C(C)O)C(=O)O. The van der Waals surface area contributed by atoms with Gasteiger partial charge >= 0.3 is 5.97 Å². The molecular weight excluding hydrogens is 482 g/mol. The molecule has 0 radical (unpaired) electrons. The van der Waals surface area contributed by atoms with Gasteiger partial charge in [0, 0.05) is 6.42 Å². The van der Waals surface area contributed by atoms with Crippen LogP contribution >= 0.6 is 0 Å². The average molecular weight is 524 g/mol. The summed E-state index contributed by atoms with van der Waals surface area (Å²) in [5.41, 5.74) is 11.8. The molecule has 37 heavy (non-hydrogen) atoms. The highest BCUT2D eigenvalue weighted by Crippen LogP contribution is 2.13. The molecule has 0 heterocycles. The van der Waals surface area contributed by atoms with E-state index in [0.717, 1.165) is 0 Å². The topological polar surface area (TPSA) is 217 Å². The summed E-state index contributed by atoms with van der Waals surface area (Å²) in [4.78, 5) is 50.5. The molecule has 5 atom stereocenters. The molecule has 0 bridgehead atoms. The number of phenolic OH excluding ortho intramolecular Hbond substituents is 1. The summed E-state index contributed by atoms with van der Waals surface area (Å²) >= 11 is 0. The molecule has 1 rings (SSSR count). The number of aromatic hydroxyl groups is 1. The number of nitrogens with one attached hydrogen (secondary N) is 3. The number of carbonyl (C=O) groups excluding carboxylic acids is 3. The number of phenols is 1. The van der Waals surface area contributed by atoms with E-state index in [1.807, 2.05) is 13.8 Å². The Morgan fingerprint density at radius 1 is 0.865 bits per heavy atom. The summed E-state index contributed by atoms with van der Waals surface area (Å²) in [6.45, 7) is 5.38. The van der Waals surface area contributed by atoms with Crippen LogP contribution in [0.2, 0.25) is 0 Å². The lowest BCUT2D eigenvalue weighted by atomic mass is 10.0. The summed E-state index contributed by atoms with van der Waals surface area (Å²) in [5, 5.41) is 36.4. The van der Waals surface area contributed by atoms with Crippen molar-refractivity contribution in [3.63, 3.8) is 0 Å². The Bertz CT molecular complexity index is 892. The third-order valence-electron chi connectivity index (χ3n) is 5.73. The van der Waals surface area contributed by atoms with E-state index in [1.54, 1.807) is 12.1 Å². The largest absolute Gasteiger partial charge is 0.508 e. The van der Waals surface area contributed by atoms with Gasteiger partial charge in [-0.05, 0) is 62.8 Å². The van der Waals surface area contributed by atoms with Crippen LogP contribution in [0.25, 0.3) is 0 Å². The number of aliphatic carboxylic acids is 1. The second kappa shape index (κ2) is 15.8. The molecule has 0 aliphatic heterocycles. The second-order valence-electron chi connectivity index (χ2n) is 9.57. The van der Waals surface area contributed by atoms with Gasteiger partial charge in [-0.1, -0.05) is 26.0 Å². The fourth-order valence-electron chi connectivity index (χ4n) is 3.56. The third kappa shape index (κ3) is 11.6. The van der Waals surface area contributed by atoms with Gasteiger partial charge in [-0.15, -0.1) is 0 Å². The van der Waals surface area contributed by atoms with Gasteiger partial charge in [-0.3, -0.25) is 14.4 Å². The zero-order valence-electron chi connectivity index (χ0n) is 21.6. The van der Waals surface area contributed by atoms with Gasteiger partial charge < -0.3 is 42.7 Å². The second-order valence-corrected chi connectivity index (χ2v) is 9.57. The van der Waals surface area contributed by atoms with Crippen molar-refractivity contribution in [1.29, 1.82) is 0 Å². The molecule has 1 aromatic carbocycles. The summed E-state index contributed by atoms with van der Waals surface area (Å²) in [6.07, 6.45) is 0.353. The molecule has 10 N–H and O–H groups in total. The predicted octanol–water partition coefficient (Wildman–Crippen LogP) is -0.643. The fourth-order valence-corrected chi connectivity index (χ4v) is 3.56. The highest BCUT2D eigenvalue weighted by molar-refractivity contribution is 5.94. The number of aliphatic hydroxyl groups excluding tert-OH is 1. The van der Waals surface area contributed by atoms with Gasteiger partial charge in [-0.2, -0.15) is 0 Å². The van der Waals surface area contributed by atoms with Crippen LogP contribution in [0.5, 0.6) is 5.75 Å². The average Bonchev–Trinajstić information content (AvgIpc) is 2.82. The number of carboxylic acid groups (broad SMARTS) is 1. The van der Waals surface area contributed by atoms with Crippen LogP contribution in [-0.4, -0.2) is 75.8 Å². The molecule has 12 heteroatoms. The van der Waals surface area contributed by atoms with E-state index < -0.39 is 54.0 Å². The molecule has 0 saturated heterocycles. The molecule has 0 saturated carbocycles. The molecule has 12 nitrogen and oxygen atoms in total. The van der Waals surface area contributed by atoms with E-state index in [2.05, 4.69) is 16.0 Å². The number of aliphatic hydroxyl groups is 1. The summed E-state index contributed by atoms with van der Waals surface area (Å²) in [7, 11) is 0. The number of amides is 3. The van der Waals surface area contributed by atoms with Gasteiger partial charge in [0.1, 0.15) is 29.9 Å². The Morgan fingerprint density at radius 3 is 1.92 bits per heavy atom. The smallest absolute Gasteiger partial charge is 0.326 e. The Balaban J connectivity index is 3.16. The van der Waals surface area contributed by atoms with E-state index in [9.17, 15) is 34.5 Å². The monoisotopic (exact) mass is 523 g/mol. The predicted molar refractivity (Wildman–Crippen MR) is 137 cm³/mol. The normalized spacial score (nSPS) is 15.2. The lowest BCUT2D eigenvalue weighted by molar-refractivity contribution is -0.142. The molecule has 3 amide bonds. The van der Waals surface area contributed by atoms with Gasteiger partial charge in [0.2, 0.25) is 17.7 Å². The Labute approximate surface area is 217 Å². The van der Waals surface area contributed by atoms with Gasteiger partial charge in [-0.25, -0.2) is 4.79 Å². The summed E-state index contributed by atoms with van der Waals surface area (Å²) < 4.78 is 0. The van der Waals surface area contributed by atoms with Gasteiger partial charge in [0.05, 0.1) is 6.10 Å². The van der Waals surface area contributed by atoms with E-state index in [1.165, 1.54) is 19.1 Å². The van der Waals surface area contributed by atoms with Crippen molar-refractivity contribution in [3.8, 4) is 5.75 Å². The van der Waals surface area contributed by atoms with E-state index in [-0.39, 0.29) is 30.9 Å². The summed E-state index contributed by atoms with van der Waals surface area (Å²) in [5.74, 6) is -3.29. The van der Waals surface area contributed by atoms with Crippen LogP contribution in [-0.2, 0) is 25.6 Å². The Kier molecular flexibility index (Phi) is 13.6. The highest BCUT2D eigenvalue weighted by Gasteiger charge is 2.31. The molecule has 0 fully saturated rings. The number of nitrogens with two attached hydrogens (primary N) is 2. The first kappa shape index (κ1) is 31.8. The van der Waals surface area contributed by atoms with Crippen molar-refractivity contribution in [3.05, 3.63) is 29.8 Å². The number of rotatable bonds is 16. The standard InChI is InChI=1S/C25H41N5O7/c1-14(2)12-20(25(36)37)30-23(34)19(13-16-7-9-17(32)10-8-16)29-22(33)18(6-4-5-11-26)28-24(35)21(27)15(3)31/h7-10,14-15,18-21,31-32H,4-6,11-13,26-27H2,1-3H3,(H,28,35)(H,29,33)(H,30,34)(H,36,37). The van der Waals surface area contributed by atoms with Crippen molar-refractivity contribution >= 4 is 23.7 Å². The van der Waals surface area contributed by atoms with E-state index >= 15 is 0 Å². The number of unbranched alkanes of at least 4 members (excludes halogenated alkanes) is 1. The maximum absolute atomic E-state index is 13.2. The minimum atomic E-state index is -1.26. The molecule has 5 unspecified atom stereocenters. The van der Waals surface area contributed by atoms with Crippen molar-refractivity contribution in [1.82, 2.24) is 16.0 Å². The maximum Gasteiger partial charge on any atom is 0.326 e. The van der Waals surface area contributed by atoms with Crippen LogP contribution < -0.4 is 27.4 Å². The molecule has 0 aliphatic carbocycles. The van der Waals surface area contributed by atoms with Crippen molar-refractivity contribution in [2.75, 3.05) is 6.54 Å². The number of benzene rings is 1. The van der Waals surface area contributed by atoms with Crippen LogP contribution in [0, 0.1) is 5.92 Å². The molecule has 0 aromatic heterocycles. The number of carboxylic acids is 1. The molecular formula is C25H41N5O7.